The number of carbonyl (C=O) groups is 1. The van der Waals surface area contributed by atoms with Crippen molar-refractivity contribution in [1.29, 1.82) is 0 Å². The van der Waals surface area contributed by atoms with Crippen LogP contribution in [0.1, 0.15) is 49.7 Å². The normalized spacial score (nSPS) is 18.0. The van der Waals surface area contributed by atoms with Gasteiger partial charge in [0.25, 0.3) is 0 Å². The number of benzene rings is 1. The lowest BCUT2D eigenvalue weighted by atomic mass is 9.96. The molecule has 0 radical (unpaired) electrons. The first-order chi connectivity index (χ1) is 15.9. The summed E-state index contributed by atoms with van der Waals surface area (Å²) >= 11 is 0. The molecule has 0 unspecified atom stereocenters. The number of rotatable bonds is 11. The SMILES string of the molecule is Cl.O=C(Cc1ccc(C(F)(F)F)cc1)N1CCC(CNCCCCNCC2CCNCC2)CC1. The average Bonchev–Trinajstić information content (AvgIpc) is 2.81. The molecular weight excluding hydrogens is 465 g/mol. The van der Waals surface area contributed by atoms with E-state index in [4.69, 9.17) is 0 Å². The molecule has 5 nitrogen and oxygen atoms in total. The maximum absolute atomic E-state index is 12.7. The Morgan fingerprint density at radius 3 is 1.97 bits per heavy atom. The van der Waals surface area contributed by atoms with Gasteiger partial charge >= 0.3 is 6.18 Å². The Labute approximate surface area is 208 Å². The second kappa shape index (κ2) is 14.9. The summed E-state index contributed by atoms with van der Waals surface area (Å²) in [5.41, 5.74) is -0.0532. The Kier molecular flexibility index (Phi) is 12.7. The Morgan fingerprint density at radius 2 is 1.44 bits per heavy atom. The number of piperidine rings is 2. The fraction of sp³-hybridized carbons (Fsp3) is 0.720. The number of nitrogens with zero attached hydrogens (tertiary/aromatic N) is 1. The third-order valence-electron chi connectivity index (χ3n) is 6.89. The van der Waals surface area contributed by atoms with Gasteiger partial charge in [-0.3, -0.25) is 4.79 Å². The van der Waals surface area contributed by atoms with Crippen molar-refractivity contribution in [2.45, 2.75) is 51.1 Å². The number of hydrogen-bond donors (Lipinski definition) is 3. The van der Waals surface area contributed by atoms with E-state index >= 15 is 0 Å². The number of likely N-dealkylation sites (tertiary alicyclic amines) is 1. The molecule has 0 spiro atoms. The second-order valence-corrected chi connectivity index (χ2v) is 9.50. The first-order valence-corrected chi connectivity index (χ1v) is 12.5. The Hall–Kier alpha value is -1.35. The lowest BCUT2D eigenvalue weighted by Gasteiger charge is -2.32. The molecule has 2 aliphatic rings. The molecule has 194 valence electrons. The fourth-order valence-electron chi connectivity index (χ4n) is 4.68. The summed E-state index contributed by atoms with van der Waals surface area (Å²) in [7, 11) is 0. The Bertz CT molecular complexity index is 703. The number of nitrogens with one attached hydrogen (secondary N) is 3. The lowest BCUT2D eigenvalue weighted by molar-refractivity contribution is -0.137. The van der Waals surface area contributed by atoms with Gasteiger partial charge in [0.15, 0.2) is 0 Å². The van der Waals surface area contributed by atoms with Crippen LogP contribution in [0.25, 0.3) is 0 Å². The van der Waals surface area contributed by atoms with Gasteiger partial charge in [-0.1, -0.05) is 12.1 Å². The number of hydrogen-bond acceptors (Lipinski definition) is 4. The van der Waals surface area contributed by atoms with E-state index in [1.807, 2.05) is 4.90 Å². The van der Waals surface area contributed by atoms with Gasteiger partial charge in [-0.25, -0.2) is 0 Å². The first-order valence-electron chi connectivity index (χ1n) is 12.5. The minimum atomic E-state index is -4.35. The molecule has 3 rings (SSSR count). The molecule has 0 aliphatic carbocycles. The van der Waals surface area contributed by atoms with Crippen molar-refractivity contribution in [3.63, 3.8) is 0 Å². The minimum absolute atomic E-state index is 0. The number of alkyl halides is 3. The fourth-order valence-corrected chi connectivity index (χ4v) is 4.68. The van der Waals surface area contributed by atoms with Crippen molar-refractivity contribution < 1.29 is 18.0 Å². The summed E-state index contributed by atoms with van der Waals surface area (Å²) in [4.78, 5) is 14.4. The number of amides is 1. The molecule has 0 saturated carbocycles. The quantitative estimate of drug-likeness (QED) is 0.400. The van der Waals surface area contributed by atoms with E-state index < -0.39 is 11.7 Å². The van der Waals surface area contributed by atoms with Gasteiger partial charge < -0.3 is 20.9 Å². The average molecular weight is 505 g/mol. The summed E-state index contributed by atoms with van der Waals surface area (Å²) in [5, 5.41) is 10.6. The van der Waals surface area contributed by atoms with E-state index in [9.17, 15) is 18.0 Å². The molecular formula is C25H40ClF3N4O. The maximum Gasteiger partial charge on any atom is 0.416 e. The van der Waals surface area contributed by atoms with E-state index in [-0.39, 0.29) is 24.7 Å². The van der Waals surface area contributed by atoms with Gasteiger partial charge in [-0.15, -0.1) is 12.4 Å². The summed E-state index contributed by atoms with van der Waals surface area (Å²) in [6.07, 6.45) is 2.70. The van der Waals surface area contributed by atoms with Crippen molar-refractivity contribution in [3.05, 3.63) is 35.4 Å². The molecule has 2 fully saturated rings. The van der Waals surface area contributed by atoms with Crippen LogP contribution in [0.4, 0.5) is 13.2 Å². The van der Waals surface area contributed by atoms with E-state index in [0.717, 1.165) is 83.3 Å². The highest BCUT2D eigenvalue weighted by molar-refractivity contribution is 5.85. The van der Waals surface area contributed by atoms with Crippen LogP contribution in [-0.2, 0) is 17.4 Å². The number of carbonyl (C=O) groups excluding carboxylic acids is 1. The van der Waals surface area contributed by atoms with Crippen LogP contribution < -0.4 is 16.0 Å². The van der Waals surface area contributed by atoms with Gasteiger partial charge in [0, 0.05) is 13.1 Å². The van der Waals surface area contributed by atoms with Crippen molar-refractivity contribution in [3.8, 4) is 0 Å². The van der Waals surface area contributed by atoms with Crippen molar-refractivity contribution in [1.82, 2.24) is 20.9 Å². The van der Waals surface area contributed by atoms with Crippen molar-refractivity contribution in [2.75, 3.05) is 52.4 Å². The predicted molar refractivity (Wildman–Crippen MR) is 132 cm³/mol. The molecule has 2 heterocycles. The van der Waals surface area contributed by atoms with Crippen molar-refractivity contribution >= 4 is 18.3 Å². The molecule has 3 N–H and O–H groups in total. The topological polar surface area (TPSA) is 56.4 Å². The van der Waals surface area contributed by atoms with Gasteiger partial charge in [0.05, 0.1) is 12.0 Å². The van der Waals surface area contributed by atoms with E-state index in [1.165, 1.54) is 37.8 Å². The zero-order valence-electron chi connectivity index (χ0n) is 20.0. The Morgan fingerprint density at radius 1 is 0.912 bits per heavy atom. The summed E-state index contributed by atoms with van der Waals surface area (Å²) < 4.78 is 38.0. The highest BCUT2D eigenvalue weighted by atomic mass is 35.5. The standard InChI is InChI=1S/C25H39F3N4O.ClH/c26-25(27,28)23-5-3-20(4-6-23)17-24(33)32-15-9-22(10-16-32)19-31-12-2-1-11-30-18-21-7-13-29-14-8-21;/h3-6,21-22,29-31H,1-2,7-19H2;1H. The van der Waals surface area contributed by atoms with Crippen LogP contribution in [0.2, 0.25) is 0 Å². The monoisotopic (exact) mass is 504 g/mol. The van der Waals surface area contributed by atoms with Crippen molar-refractivity contribution in [2.24, 2.45) is 11.8 Å². The highest BCUT2D eigenvalue weighted by Crippen LogP contribution is 2.29. The van der Waals surface area contributed by atoms with Crippen LogP contribution in [0.3, 0.4) is 0 Å². The summed E-state index contributed by atoms with van der Waals surface area (Å²) in [6, 6.07) is 4.90. The maximum atomic E-state index is 12.7. The smallest absolute Gasteiger partial charge is 0.342 e. The minimum Gasteiger partial charge on any atom is -0.342 e. The van der Waals surface area contributed by atoms with Crippen LogP contribution in [-0.4, -0.2) is 63.2 Å². The van der Waals surface area contributed by atoms with Gasteiger partial charge in [-0.05, 0) is 107 Å². The van der Waals surface area contributed by atoms with E-state index in [1.54, 1.807) is 0 Å². The van der Waals surface area contributed by atoms with Crippen LogP contribution in [0.5, 0.6) is 0 Å². The molecule has 2 aliphatic heterocycles. The predicted octanol–water partition coefficient (Wildman–Crippen LogP) is 3.87. The highest BCUT2D eigenvalue weighted by Gasteiger charge is 2.30. The molecule has 9 heteroatoms. The largest absolute Gasteiger partial charge is 0.416 e. The molecule has 2 saturated heterocycles. The Balaban J connectivity index is 0.00000408. The van der Waals surface area contributed by atoms with E-state index in [2.05, 4.69) is 16.0 Å². The molecule has 1 aromatic rings. The summed E-state index contributed by atoms with van der Waals surface area (Å²) in [6.45, 7) is 8.02. The zero-order valence-corrected chi connectivity index (χ0v) is 20.8. The third-order valence-corrected chi connectivity index (χ3v) is 6.89. The lowest BCUT2D eigenvalue weighted by Crippen LogP contribution is -2.41. The van der Waals surface area contributed by atoms with Crippen LogP contribution in [0, 0.1) is 11.8 Å². The molecule has 34 heavy (non-hydrogen) atoms. The van der Waals surface area contributed by atoms with Gasteiger partial charge in [0.1, 0.15) is 0 Å². The first kappa shape index (κ1) is 28.9. The number of unbranched alkanes of at least 4 members (excludes halogenated alkanes) is 1. The molecule has 0 bridgehead atoms. The van der Waals surface area contributed by atoms with Crippen LogP contribution >= 0.6 is 12.4 Å². The van der Waals surface area contributed by atoms with Crippen LogP contribution in [0.15, 0.2) is 24.3 Å². The number of halogens is 4. The summed E-state index contributed by atoms with van der Waals surface area (Å²) in [5.74, 6) is 1.41. The zero-order chi connectivity index (χ0) is 23.5. The van der Waals surface area contributed by atoms with Gasteiger partial charge in [0.2, 0.25) is 5.91 Å². The second-order valence-electron chi connectivity index (χ2n) is 9.50. The third kappa shape index (κ3) is 10.1. The van der Waals surface area contributed by atoms with E-state index in [0.29, 0.717) is 11.5 Å². The molecule has 1 aromatic carbocycles. The van der Waals surface area contributed by atoms with Gasteiger partial charge in [-0.2, -0.15) is 13.2 Å². The molecule has 1 amide bonds. The molecule has 0 atom stereocenters. The molecule has 0 aromatic heterocycles.